The fraction of sp³-hybridized carbons (Fsp3) is 0.267. The molecule has 0 saturated carbocycles. The third-order valence-corrected chi connectivity index (χ3v) is 7.39. The lowest BCUT2D eigenvalue weighted by atomic mass is 10.1. The summed E-state index contributed by atoms with van der Waals surface area (Å²) in [7, 11) is 0. The number of benzene rings is 3. The number of aryl methyl sites for hydroxylation is 1. The lowest BCUT2D eigenvalue weighted by molar-refractivity contribution is 0.0939. The molecule has 0 bridgehead atoms. The van der Waals surface area contributed by atoms with Crippen molar-refractivity contribution in [3.8, 4) is 18.0 Å². The molecule has 38 heavy (non-hydrogen) atoms. The summed E-state index contributed by atoms with van der Waals surface area (Å²) in [6, 6.07) is 19.5. The number of hydrogen-bond donors (Lipinski definition) is 2. The third-order valence-electron chi connectivity index (χ3n) is 6.89. The zero-order chi connectivity index (χ0) is 26.5. The Morgan fingerprint density at radius 1 is 1.05 bits per heavy atom. The molecule has 194 valence electrons. The van der Waals surface area contributed by atoms with Crippen molar-refractivity contribution in [3.63, 3.8) is 0 Å². The molecule has 4 aromatic rings. The number of piperazine rings is 1. The lowest BCUT2D eigenvalue weighted by Gasteiger charge is -2.33. The van der Waals surface area contributed by atoms with Gasteiger partial charge in [-0.15, -0.1) is 6.42 Å². The summed E-state index contributed by atoms with van der Waals surface area (Å²) >= 11 is 6.45. The summed E-state index contributed by atoms with van der Waals surface area (Å²) < 4.78 is 1.85. The highest BCUT2D eigenvalue weighted by atomic mass is 35.5. The van der Waals surface area contributed by atoms with E-state index in [4.69, 9.17) is 18.0 Å². The highest BCUT2D eigenvalue weighted by molar-refractivity contribution is 6.34. The summed E-state index contributed by atoms with van der Waals surface area (Å²) in [4.78, 5) is 17.5. The highest BCUT2D eigenvalue weighted by Crippen LogP contribution is 2.30. The monoisotopic (exact) mass is 526 g/mol. The Morgan fingerprint density at radius 3 is 2.66 bits per heavy atom. The number of anilines is 2. The minimum absolute atomic E-state index is 0.0872. The zero-order valence-electron chi connectivity index (χ0n) is 21.5. The molecule has 3 aromatic carbocycles. The molecule has 5 rings (SSSR count). The van der Waals surface area contributed by atoms with Gasteiger partial charge in [0.15, 0.2) is 0 Å². The van der Waals surface area contributed by atoms with E-state index >= 15 is 0 Å². The molecule has 0 radical (unpaired) electrons. The maximum atomic E-state index is 12.9. The Labute approximate surface area is 228 Å². The standard InChI is InChI=1S/C30H31ClN6O/c1-3-13-35-15-17-36(18-16-35)14-12-32-30(38)23-7-5-8-26(20-23)37-28-11-10-25(19-24(28)21-33-37)34-27-9-4-6-22(2)29(27)31/h1,4-11,19-21,34H,12-18H2,2H3,(H,32,38). The van der Waals surface area contributed by atoms with Crippen LogP contribution >= 0.6 is 11.6 Å². The number of terminal acetylenes is 1. The molecule has 0 aliphatic carbocycles. The van der Waals surface area contributed by atoms with Crippen LogP contribution in [0, 0.1) is 19.3 Å². The van der Waals surface area contributed by atoms with E-state index in [0.717, 1.165) is 66.3 Å². The first kappa shape index (κ1) is 25.8. The number of fused-ring (bicyclic) bond motifs is 1. The lowest BCUT2D eigenvalue weighted by Crippen LogP contribution is -2.48. The van der Waals surface area contributed by atoms with E-state index in [1.807, 2.05) is 78.5 Å². The minimum atomic E-state index is -0.0872. The molecule has 1 aliphatic rings. The normalized spacial score (nSPS) is 14.3. The fourth-order valence-electron chi connectivity index (χ4n) is 4.72. The van der Waals surface area contributed by atoms with Crippen LogP contribution in [0.2, 0.25) is 5.02 Å². The van der Waals surface area contributed by atoms with Crippen LogP contribution in [0.25, 0.3) is 16.6 Å². The maximum absolute atomic E-state index is 12.9. The molecule has 0 atom stereocenters. The van der Waals surface area contributed by atoms with Crippen molar-refractivity contribution in [3.05, 3.63) is 83.0 Å². The molecule has 0 unspecified atom stereocenters. The van der Waals surface area contributed by atoms with Crippen LogP contribution in [0.5, 0.6) is 0 Å². The van der Waals surface area contributed by atoms with E-state index in [9.17, 15) is 4.79 Å². The van der Waals surface area contributed by atoms with Crippen LogP contribution in [0.15, 0.2) is 66.9 Å². The average molecular weight is 527 g/mol. The Bertz CT molecular complexity index is 1480. The summed E-state index contributed by atoms with van der Waals surface area (Å²) in [5.41, 5.74) is 5.20. The van der Waals surface area contributed by atoms with Crippen LogP contribution in [-0.4, -0.2) is 71.3 Å². The number of halogens is 1. The summed E-state index contributed by atoms with van der Waals surface area (Å²) in [6.45, 7) is 7.98. The zero-order valence-corrected chi connectivity index (χ0v) is 22.2. The molecule has 2 N–H and O–H groups in total. The smallest absolute Gasteiger partial charge is 0.251 e. The van der Waals surface area contributed by atoms with E-state index in [0.29, 0.717) is 23.7 Å². The Balaban J connectivity index is 1.23. The summed E-state index contributed by atoms with van der Waals surface area (Å²) in [6.07, 6.45) is 7.24. The number of nitrogens with zero attached hydrogens (tertiary/aromatic N) is 4. The topological polar surface area (TPSA) is 65.4 Å². The van der Waals surface area contributed by atoms with Gasteiger partial charge in [-0.3, -0.25) is 14.6 Å². The van der Waals surface area contributed by atoms with Crippen LogP contribution in [0.3, 0.4) is 0 Å². The maximum Gasteiger partial charge on any atom is 0.251 e. The van der Waals surface area contributed by atoms with E-state index in [-0.39, 0.29) is 5.91 Å². The van der Waals surface area contributed by atoms with Gasteiger partial charge in [0.1, 0.15) is 0 Å². The van der Waals surface area contributed by atoms with Crippen LogP contribution in [0.4, 0.5) is 11.4 Å². The first-order valence-corrected chi connectivity index (χ1v) is 13.2. The molecule has 1 saturated heterocycles. The van der Waals surface area contributed by atoms with Gasteiger partial charge in [0.05, 0.1) is 34.7 Å². The van der Waals surface area contributed by atoms with Gasteiger partial charge in [-0.25, -0.2) is 4.68 Å². The van der Waals surface area contributed by atoms with E-state index < -0.39 is 0 Å². The average Bonchev–Trinajstić information content (AvgIpc) is 3.36. The first-order valence-electron chi connectivity index (χ1n) is 12.8. The molecular formula is C30H31ClN6O. The van der Waals surface area contributed by atoms with Crippen molar-refractivity contribution in [2.75, 3.05) is 51.1 Å². The van der Waals surface area contributed by atoms with Crippen molar-refractivity contribution in [2.45, 2.75) is 6.92 Å². The number of carbonyl (C=O) groups is 1. The largest absolute Gasteiger partial charge is 0.354 e. The SMILES string of the molecule is C#CCN1CCN(CCNC(=O)c2cccc(-n3ncc4cc(Nc5cccc(C)c5Cl)ccc43)c2)CC1. The first-order chi connectivity index (χ1) is 18.5. The van der Waals surface area contributed by atoms with Crippen LogP contribution in [-0.2, 0) is 0 Å². The van der Waals surface area contributed by atoms with Crippen LogP contribution < -0.4 is 10.6 Å². The van der Waals surface area contributed by atoms with Gasteiger partial charge < -0.3 is 10.6 Å². The van der Waals surface area contributed by atoms with E-state index in [1.54, 1.807) is 0 Å². The molecule has 1 aromatic heterocycles. The molecule has 8 heteroatoms. The Morgan fingerprint density at radius 2 is 1.84 bits per heavy atom. The number of hydrogen-bond acceptors (Lipinski definition) is 5. The van der Waals surface area contributed by atoms with Crippen molar-refractivity contribution < 1.29 is 4.79 Å². The second-order valence-corrected chi connectivity index (χ2v) is 9.90. The summed E-state index contributed by atoms with van der Waals surface area (Å²) in [5, 5.41) is 12.7. The number of amides is 1. The molecule has 7 nitrogen and oxygen atoms in total. The number of carbonyl (C=O) groups excluding carboxylic acids is 1. The molecule has 1 amide bonds. The number of nitrogens with one attached hydrogen (secondary N) is 2. The molecule has 1 aliphatic heterocycles. The quantitative estimate of drug-likeness (QED) is 0.325. The predicted octanol–water partition coefficient (Wildman–Crippen LogP) is 4.71. The van der Waals surface area contributed by atoms with Crippen molar-refractivity contribution in [1.82, 2.24) is 24.9 Å². The second-order valence-electron chi connectivity index (χ2n) is 9.52. The Kier molecular flexibility index (Phi) is 7.94. The van der Waals surface area contributed by atoms with Gasteiger partial charge in [-0.1, -0.05) is 35.7 Å². The van der Waals surface area contributed by atoms with Gasteiger partial charge >= 0.3 is 0 Å². The van der Waals surface area contributed by atoms with Crippen molar-refractivity contribution >= 4 is 39.8 Å². The molecular weight excluding hydrogens is 496 g/mol. The summed E-state index contributed by atoms with van der Waals surface area (Å²) in [5.74, 6) is 2.62. The van der Waals surface area contributed by atoms with Gasteiger partial charge in [-0.2, -0.15) is 5.10 Å². The van der Waals surface area contributed by atoms with Gasteiger partial charge in [0.25, 0.3) is 5.91 Å². The molecule has 1 fully saturated rings. The number of rotatable bonds is 8. The van der Waals surface area contributed by atoms with Crippen LogP contribution in [0.1, 0.15) is 15.9 Å². The fourth-order valence-corrected chi connectivity index (χ4v) is 4.90. The minimum Gasteiger partial charge on any atom is -0.354 e. The number of aromatic nitrogens is 2. The molecule has 0 spiro atoms. The second kappa shape index (κ2) is 11.7. The van der Waals surface area contributed by atoms with Gasteiger partial charge in [0.2, 0.25) is 0 Å². The van der Waals surface area contributed by atoms with E-state index in [1.165, 1.54) is 0 Å². The van der Waals surface area contributed by atoms with Gasteiger partial charge in [0, 0.05) is 55.9 Å². The van der Waals surface area contributed by atoms with Gasteiger partial charge in [-0.05, 0) is 55.0 Å². The van der Waals surface area contributed by atoms with E-state index in [2.05, 4.69) is 31.5 Å². The molecule has 2 heterocycles. The Hall–Kier alpha value is -3.83. The van der Waals surface area contributed by atoms with Crippen molar-refractivity contribution in [1.29, 1.82) is 0 Å². The highest BCUT2D eigenvalue weighted by Gasteiger charge is 2.16. The third kappa shape index (κ3) is 5.84. The predicted molar refractivity (Wildman–Crippen MR) is 155 cm³/mol. The van der Waals surface area contributed by atoms with Crippen molar-refractivity contribution in [2.24, 2.45) is 0 Å².